The summed E-state index contributed by atoms with van der Waals surface area (Å²) in [5.41, 5.74) is 0.742. The molecule has 0 unspecified atom stereocenters. The standard InChI is InChI=1S/C15H14N2O4S2/c1-11(18)22-10-14(19)12-5-7-13(8-6-12)17-23(20,21)15-4-2-3-9-16-15/h2-9,17H,10H2,1H3. The summed E-state index contributed by atoms with van der Waals surface area (Å²) in [4.78, 5) is 26.5. The van der Waals surface area contributed by atoms with Gasteiger partial charge in [0.05, 0.1) is 5.75 Å². The van der Waals surface area contributed by atoms with Crippen molar-refractivity contribution in [1.82, 2.24) is 4.98 Å². The Labute approximate surface area is 138 Å². The number of sulfonamides is 1. The lowest BCUT2D eigenvalue weighted by Gasteiger charge is -2.07. The minimum atomic E-state index is -3.76. The molecule has 1 aromatic heterocycles. The van der Waals surface area contributed by atoms with Crippen molar-refractivity contribution in [3.8, 4) is 0 Å². The van der Waals surface area contributed by atoms with Crippen LogP contribution in [0.5, 0.6) is 0 Å². The van der Waals surface area contributed by atoms with Gasteiger partial charge in [0, 0.05) is 24.4 Å². The van der Waals surface area contributed by atoms with Crippen LogP contribution in [-0.2, 0) is 14.8 Å². The predicted octanol–water partition coefficient (Wildman–Crippen LogP) is 2.34. The Bertz CT molecular complexity index is 803. The van der Waals surface area contributed by atoms with Crippen LogP contribution in [0.3, 0.4) is 0 Å². The van der Waals surface area contributed by atoms with Gasteiger partial charge in [-0.2, -0.15) is 8.42 Å². The predicted molar refractivity (Wildman–Crippen MR) is 89.0 cm³/mol. The minimum absolute atomic E-state index is 0.0638. The average molecular weight is 350 g/mol. The van der Waals surface area contributed by atoms with E-state index < -0.39 is 10.0 Å². The third-order valence-electron chi connectivity index (χ3n) is 2.78. The number of nitrogens with zero attached hydrogens (tertiary/aromatic N) is 1. The molecule has 0 atom stereocenters. The summed E-state index contributed by atoms with van der Waals surface area (Å²) < 4.78 is 26.6. The van der Waals surface area contributed by atoms with Gasteiger partial charge in [-0.1, -0.05) is 17.8 Å². The number of ketones is 1. The van der Waals surface area contributed by atoms with E-state index in [0.29, 0.717) is 11.3 Å². The highest BCUT2D eigenvalue weighted by molar-refractivity contribution is 8.14. The first kappa shape index (κ1) is 17.2. The van der Waals surface area contributed by atoms with Crippen molar-refractivity contribution in [3.63, 3.8) is 0 Å². The number of Topliss-reactive ketones (excluding diaryl/α,β-unsaturated/α-hetero) is 1. The van der Waals surface area contributed by atoms with Crippen molar-refractivity contribution in [1.29, 1.82) is 0 Å². The molecule has 1 heterocycles. The quantitative estimate of drug-likeness (QED) is 0.804. The summed E-state index contributed by atoms with van der Waals surface area (Å²) in [5.74, 6) is -0.127. The first-order valence-corrected chi connectivity index (χ1v) is 9.06. The third kappa shape index (κ3) is 4.90. The van der Waals surface area contributed by atoms with E-state index in [1.54, 1.807) is 12.1 Å². The fourth-order valence-electron chi connectivity index (χ4n) is 1.69. The van der Waals surface area contributed by atoms with Crippen LogP contribution in [0.4, 0.5) is 5.69 Å². The number of aromatic nitrogens is 1. The second-order valence-electron chi connectivity index (χ2n) is 4.55. The molecule has 0 bridgehead atoms. The van der Waals surface area contributed by atoms with Gasteiger partial charge in [-0.05, 0) is 36.4 Å². The number of hydrogen-bond acceptors (Lipinski definition) is 6. The van der Waals surface area contributed by atoms with Gasteiger partial charge in [0.1, 0.15) is 0 Å². The molecule has 2 rings (SSSR count). The Kier molecular flexibility index (Phi) is 5.51. The number of anilines is 1. The second kappa shape index (κ2) is 7.38. The number of carbonyl (C=O) groups is 2. The Hall–Kier alpha value is -2.19. The van der Waals surface area contributed by atoms with Crippen LogP contribution in [0.2, 0.25) is 0 Å². The average Bonchev–Trinajstić information content (AvgIpc) is 2.54. The number of benzene rings is 1. The van der Waals surface area contributed by atoms with E-state index in [1.807, 2.05) is 0 Å². The molecular formula is C15H14N2O4S2. The molecule has 0 saturated heterocycles. The first-order chi connectivity index (χ1) is 10.9. The lowest BCUT2D eigenvalue weighted by molar-refractivity contribution is -0.109. The highest BCUT2D eigenvalue weighted by atomic mass is 32.2. The molecule has 0 fully saturated rings. The molecule has 120 valence electrons. The molecule has 2 aromatic rings. The number of carbonyl (C=O) groups excluding carboxylic acids is 2. The van der Waals surface area contributed by atoms with Crippen LogP contribution in [-0.4, -0.2) is 30.1 Å². The highest BCUT2D eigenvalue weighted by Gasteiger charge is 2.15. The van der Waals surface area contributed by atoms with Crippen LogP contribution >= 0.6 is 11.8 Å². The van der Waals surface area contributed by atoms with Gasteiger partial charge in [-0.25, -0.2) is 4.98 Å². The fourth-order valence-corrected chi connectivity index (χ4v) is 3.20. The van der Waals surface area contributed by atoms with Gasteiger partial charge in [-0.15, -0.1) is 0 Å². The Morgan fingerprint density at radius 3 is 2.39 bits per heavy atom. The van der Waals surface area contributed by atoms with Crippen LogP contribution in [0, 0.1) is 0 Å². The van der Waals surface area contributed by atoms with Crippen LogP contribution in [0.15, 0.2) is 53.7 Å². The Morgan fingerprint density at radius 1 is 1.13 bits per heavy atom. The molecule has 8 heteroatoms. The molecule has 23 heavy (non-hydrogen) atoms. The number of pyridine rings is 1. The molecule has 0 aliphatic rings. The van der Waals surface area contributed by atoms with Gasteiger partial charge in [0.15, 0.2) is 15.9 Å². The fraction of sp³-hybridized carbons (Fsp3) is 0.133. The molecule has 6 nitrogen and oxygen atoms in total. The molecule has 0 saturated carbocycles. The zero-order valence-electron chi connectivity index (χ0n) is 12.2. The van der Waals surface area contributed by atoms with Gasteiger partial charge < -0.3 is 0 Å². The summed E-state index contributed by atoms with van der Waals surface area (Å²) in [7, 11) is -3.76. The molecule has 0 aliphatic carbocycles. The molecule has 0 spiro atoms. The van der Waals surface area contributed by atoms with Crippen molar-refractivity contribution in [2.45, 2.75) is 11.9 Å². The monoisotopic (exact) mass is 350 g/mol. The van der Waals surface area contributed by atoms with Gasteiger partial charge >= 0.3 is 0 Å². The van der Waals surface area contributed by atoms with E-state index in [0.717, 1.165) is 11.8 Å². The van der Waals surface area contributed by atoms with Crippen molar-refractivity contribution < 1.29 is 18.0 Å². The molecule has 0 radical (unpaired) electrons. The summed E-state index contributed by atoms with van der Waals surface area (Å²) in [6.07, 6.45) is 1.39. The van der Waals surface area contributed by atoms with Crippen molar-refractivity contribution in [2.24, 2.45) is 0 Å². The molecule has 0 amide bonds. The second-order valence-corrected chi connectivity index (χ2v) is 7.34. The summed E-state index contributed by atoms with van der Waals surface area (Å²) in [5, 5.41) is -0.212. The molecular weight excluding hydrogens is 336 g/mol. The minimum Gasteiger partial charge on any atom is -0.293 e. The van der Waals surface area contributed by atoms with Crippen LogP contribution in [0.25, 0.3) is 0 Å². The number of hydrogen-bond donors (Lipinski definition) is 1. The SMILES string of the molecule is CC(=O)SCC(=O)c1ccc(NS(=O)(=O)c2ccccn2)cc1. The van der Waals surface area contributed by atoms with E-state index in [2.05, 4.69) is 9.71 Å². The summed E-state index contributed by atoms with van der Waals surface area (Å²) >= 11 is 0.937. The lowest BCUT2D eigenvalue weighted by Crippen LogP contribution is -2.14. The maximum Gasteiger partial charge on any atom is 0.279 e. The molecule has 1 N–H and O–H groups in total. The van der Waals surface area contributed by atoms with E-state index in [-0.39, 0.29) is 21.7 Å². The van der Waals surface area contributed by atoms with Crippen molar-refractivity contribution >= 4 is 38.4 Å². The van der Waals surface area contributed by atoms with Crippen LogP contribution < -0.4 is 4.72 Å². The number of thioether (sulfide) groups is 1. The van der Waals surface area contributed by atoms with E-state index >= 15 is 0 Å². The summed E-state index contributed by atoms with van der Waals surface area (Å²) in [6.45, 7) is 1.40. The Morgan fingerprint density at radius 2 is 1.83 bits per heavy atom. The zero-order chi connectivity index (χ0) is 16.9. The number of nitrogens with one attached hydrogen (secondary N) is 1. The van der Waals surface area contributed by atoms with E-state index in [1.165, 1.54) is 43.5 Å². The third-order valence-corrected chi connectivity index (χ3v) is 4.89. The highest BCUT2D eigenvalue weighted by Crippen LogP contribution is 2.16. The molecule has 0 aliphatic heterocycles. The van der Waals surface area contributed by atoms with E-state index in [4.69, 9.17) is 0 Å². The smallest absolute Gasteiger partial charge is 0.279 e. The van der Waals surface area contributed by atoms with Gasteiger partial charge in [0.25, 0.3) is 10.0 Å². The van der Waals surface area contributed by atoms with Gasteiger partial charge in [0.2, 0.25) is 0 Å². The maximum atomic E-state index is 12.1. The van der Waals surface area contributed by atoms with E-state index in [9.17, 15) is 18.0 Å². The summed E-state index contributed by atoms with van der Waals surface area (Å²) in [6, 6.07) is 10.6. The topological polar surface area (TPSA) is 93.2 Å². The zero-order valence-corrected chi connectivity index (χ0v) is 13.9. The molecule has 1 aromatic carbocycles. The largest absolute Gasteiger partial charge is 0.293 e. The van der Waals surface area contributed by atoms with Crippen LogP contribution in [0.1, 0.15) is 17.3 Å². The van der Waals surface area contributed by atoms with Crippen molar-refractivity contribution in [3.05, 3.63) is 54.2 Å². The van der Waals surface area contributed by atoms with Crippen molar-refractivity contribution in [2.75, 3.05) is 10.5 Å². The Balaban J connectivity index is 2.08. The normalized spacial score (nSPS) is 11.0. The first-order valence-electron chi connectivity index (χ1n) is 6.59. The maximum absolute atomic E-state index is 12.1. The lowest BCUT2D eigenvalue weighted by atomic mass is 10.1. The van der Waals surface area contributed by atoms with Gasteiger partial charge in [-0.3, -0.25) is 14.3 Å². The number of rotatable bonds is 6.